The van der Waals surface area contributed by atoms with Gasteiger partial charge in [-0.2, -0.15) is 0 Å². The zero-order valence-electron chi connectivity index (χ0n) is 12.7. The molecule has 0 atom stereocenters. The highest BCUT2D eigenvalue weighted by Crippen LogP contribution is 2.34. The van der Waals surface area contributed by atoms with Crippen molar-refractivity contribution in [1.29, 1.82) is 0 Å². The highest BCUT2D eigenvalue weighted by Gasteiger charge is 2.18. The zero-order valence-corrected chi connectivity index (χ0v) is 15.8. The van der Waals surface area contributed by atoms with Gasteiger partial charge in [0.15, 0.2) is 0 Å². The summed E-state index contributed by atoms with van der Waals surface area (Å²) in [6, 6.07) is 8.44. The third kappa shape index (κ3) is 4.02. The lowest BCUT2D eigenvalue weighted by atomic mass is 10.2. The van der Waals surface area contributed by atoms with Crippen LogP contribution in [0.2, 0.25) is 15.1 Å². The maximum Gasteiger partial charge on any atom is 0.255 e. The summed E-state index contributed by atoms with van der Waals surface area (Å²) in [5.41, 5.74) is 0.493. The normalized spacial score (nSPS) is 11.6. The number of amides is 1. The lowest BCUT2D eigenvalue weighted by Crippen LogP contribution is -2.22. The summed E-state index contributed by atoms with van der Waals surface area (Å²) in [5.74, 6) is -0.477. The molecular formula is C15H13Cl3N2O3S. The van der Waals surface area contributed by atoms with E-state index in [1.54, 1.807) is 0 Å². The van der Waals surface area contributed by atoms with Crippen molar-refractivity contribution in [1.82, 2.24) is 4.31 Å². The van der Waals surface area contributed by atoms with E-state index in [1.807, 2.05) is 0 Å². The van der Waals surface area contributed by atoms with E-state index in [1.165, 1.54) is 50.5 Å². The molecule has 0 saturated carbocycles. The Morgan fingerprint density at radius 2 is 1.50 bits per heavy atom. The van der Waals surface area contributed by atoms with Crippen LogP contribution in [0.5, 0.6) is 0 Å². The molecule has 1 amide bonds. The maximum atomic E-state index is 12.3. The van der Waals surface area contributed by atoms with E-state index in [2.05, 4.69) is 5.32 Å². The number of benzene rings is 2. The molecule has 0 saturated heterocycles. The quantitative estimate of drug-likeness (QED) is 0.828. The molecule has 0 fully saturated rings. The Hall–Kier alpha value is -1.31. The molecule has 0 unspecified atom stereocenters. The summed E-state index contributed by atoms with van der Waals surface area (Å²) in [6.07, 6.45) is 0. The van der Waals surface area contributed by atoms with Gasteiger partial charge in [-0.3, -0.25) is 4.79 Å². The van der Waals surface area contributed by atoms with Gasteiger partial charge in [-0.05, 0) is 36.4 Å². The van der Waals surface area contributed by atoms with Crippen molar-refractivity contribution >= 4 is 56.4 Å². The molecule has 0 heterocycles. The zero-order chi connectivity index (χ0) is 18.1. The van der Waals surface area contributed by atoms with Crippen LogP contribution in [0, 0.1) is 0 Å². The number of halogens is 3. The Morgan fingerprint density at radius 1 is 1.00 bits per heavy atom. The lowest BCUT2D eigenvalue weighted by Gasteiger charge is -2.12. The fourth-order valence-electron chi connectivity index (χ4n) is 1.84. The maximum absolute atomic E-state index is 12.3. The molecule has 0 aliphatic carbocycles. The van der Waals surface area contributed by atoms with Gasteiger partial charge in [0.05, 0.1) is 20.6 Å². The van der Waals surface area contributed by atoms with Crippen molar-refractivity contribution in [2.45, 2.75) is 4.90 Å². The smallest absolute Gasteiger partial charge is 0.255 e. The second kappa shape index (κ2) is 7.29. The van der Waals surface area contributed by atoms with Gasteiger partial charge in [-0.1, -0.05) is 34.8 Å². The van der Waals surface area contributed by atoms with Gasteiger partial charge >= 0.3 is 0 Å². The Kier molecular flexibility index (Phi) is 5.78. The van der Waals surface area contributed by atoms with Crippen molar-refractivity contribution in [3.8, 4) is 0 Å². The monoisotopic (exact) mass is 406 g/mol. The first-order chi connectivity index (χ1) is 11.1. The Bertz CT molecular complexity index is 858. The second-order valence-corrected chi connectivity index (χ2v) is 8.41. The first-order valence-corrected chi connectivity index (χ1v) is 9.19. The molecule has 2 aromatic carbocycles. The molecule has 0 spiro atoms. The van der Waals surface area contributed by atoms with E-state index in [-0.39, 0.29) is 26.2 Å². The van der Waals surface area contributed by atoms with Gasteiger partial charge in [0.1, 0.15) is 0 Å². The first-order valence-electron chi connectivity index (χ1n) is 6.61. The van der Waals surface area contributed by atoms with Crippen LogP contribution in [0.15, 0.2) is 41.3 Å². The van der Waals surface area contributed by atoms with E-state index < -0.39 is 15.9 Å². The van der Waals surface area contributed by atoms with Gasteiger partial charge in [0, 0.05) is 24.7 Å². The molecule has 9 heteroatoms. The summed E-state index contributed by atoms with van der Waals surface area (Å²) < 4.78 is 25.1. The van der Waals surface area contributed by atoms with Crippen LogP contribution in [0.1, 0.15) is 10.4 Å². The Morgan fingerprint density at radius 3 is 1.96 bits per heavy atom. The summed E-state index contributed by atoms with van der Waals surface area (Å²) in [5, 5.41) is 3.33. The molecule has 0 aliphatic heterocycles. The van der Waals surface area contributed by atoms with Crippen molar-refractivity contribution in [2.24, 2.45) is 0 Å². The van der Waals surface area contributed by atoms with Gasteiger partial charge < -0.3 is 5.32 Å². The number of hydrogen-bond donors (Lipinski definition) is 1. The highest BCUT2D eigenvalue weighted by atomic mass is 35.5. The molecule has 2 rings (SSSR count). The van der Waals surface area contributed by atoms with Crippen LogP contribution >= 0.6 is 34.8 Å². The number of hydrogen-bond acceptors (Lipinski definition) is 3. The number of nitrogens with one attached hydrogen (secondary N) is 1. The van der Waals surface area contributed by atoms with Gasteiger partial charge in [-0.15, -0.1) is 0 Å². The summed E-state index contributed by atoms with van der Waals surface area (Å²) in [4.78, 5) is 12.4. The van der Waals surface area contributed by atoms with E-state index in [4.69, 9.17) is 34.8 Å². The summed E-state index contributed by atoms with van der Waals surface area (Å²) in [7, 11) is -0.690. The largest absolute Gasteiger partial charge is 0.319 e. The van der Waals surface area contributed by atoms with E-state index in [9.17, 15) is 13.2 Å². The minimum absolute atomic E-state index is 0.0895. The minimum atomic E-state index is -3.55. The van der Waals surface area contributed by atoms with Gasteiger partial charge in [-0.25, -0.2) is 12.7 Å². The summed E-state index contributed by atoms with van der Waals surface area (Å²) in [6.45, 7) is 0. The standard InChI is InChI=1S/C15H13Cl3N2O3S/c1-20(2)24(22,23)11-5-3-9(4-6-11)15(21)19-14-12(17)7-10(16)8-13(14)18/h3-8H,1-2H3,(H,19,21). The van der Waals surface area contributed by atoms with Crippen LogP contribution in [0.3, 0.4) is 0 Å². The first kappa shape index (κ1) is 19.0. The fraction of sp³-hybridized carbons (Fsp3) is 0.133. The minimum Gasteiger partial charge on any atom is -0.319 e. The van der Waals surface area contributed by atoms with Crippen LogP contribution < -0.4 is 5.32 Å². The van der Waals surface area contributed by atoms with Crippen molar-refractivity contribution in [3.63, 3.8) is 0 Å². The topological polar surface area (TPSA) is 66.5 Å². The van der Waals surface area contributed by atoms with E-state index >= 15 is 0 Å². The van der Waals surface area contributed by atoms with Gasteiger partial charge in [0.25, 0.3) is 5.91 Å². The van der Waals surface area contributed by atoms with Crippen LogP contribution in [-0.4, -0.2) is 32.7 Å². The average Bonchev–Trinajstić information content (AvgIpc) is 2.50. The molecule has 1 N–H and O–H groups in total. The second-order valence-electron chi connectivity index (χ2n) is 5.01. The molecular weight excluding hydrogens is 395 g/mol. The molecule has 128 valence electrons. The van der Waals surface area contributed by atoms with Gasteiger partial charge in [0.2, 0.25) is 10.0 Å². The number of rotatable bonds is 4. The van der Waals surface area contributed by atoms with Crippen molar-refractivity contribution < 1.29 is 13.2 Å². The highest BCUT2D eigenvalue weighted by molar-refractivity contribution is 7.89. The number of anilines is 1. The Labute approximate surface area is 155 Å². The van der Waals surface area contributed by atoms with Crippen LogP contribution in [0.4, 0.5) is 5.69 Å². The molecule has 0 bridgehead atoms. The lowest BCUT2D eigenvalue weighted by molar-refractivity contribution is 0.102. The average molecular weight is 408 g/mol. The summed E-state index contributed by atoms with van der Waals surface area (Å²) >= 11 is 17.9. The molecule has 5 nitrogen and oxygen atoms in total. The predicted octanol–water partition coefficient (Wildman–Crippen LogP) is 4.15. The van der Waals surface area contributed by atoms with Crippen molar-refractivity contribution in [3.05, 3.63) is 57.0 Å². The molecule has 0 radical (unpaired) electrons. The fourth-order valence-corrected chi connectivity index (χ4v) is 3.65. The number of sulfonamides is 1. The predicted molar refractivity (Wildman–Crippen MR) is 96.7 cm³/mol. The molecule has 2 aromatic rings. The number of carbonyl (C=O) groups excluding carboxylic acids is 1. The number of nitrogens with zero attached hydrogens (tertiary/aromatic N) is 1. The van der Waals surface area contributed by atoms with Crippen LogP contribution in [-0.2, 0) is 10.0 Å². The third-order valence-electron chi connectivity index (χ3n) is 3.14. The third-order valence-corrected chi connectivity index (χ3v) is 5.78. The van der Waals surface area contributed by atoms with E-state index in [0.29, 0.717) is 5.02 Å². The number of carbonyl (C=O) groups is 1. The van der Waals surface area contributed by atoms with E-state index in [0.717, 1.165) is 4.31 Å². The Balaban J connectivity index is 2.26. The SMILES string of the molecule is CN(C)S(=O)(=O)c1ccc(C(=O)Nc2c(Cl)cc(Cl)cc2Cl)cc1. The molecule has 0 aromatic heterocycles. The van der Waals surface area contributed by atoms with Crippen molar-refractivity contribution in [2.75, 3.05) is 19.4 Å². The van der Waals surface area contributed by atoms with Crippen LogP contribution in [0.25, 0.3) is 0 Å². The molecule has 0 aliphatic rings. The molecule has 24 heavy (non-hydrogen) atoms.